The van der Waals surface area contributed by atoms with Crippen LogP contribution in [0, 0.1) is 5.82 Å². The van der Waals surface area contributed by atoms with E-state index in [1.165, 1.54) is 12.1 Å². The molecule has 0 saturated carbocycles. The Kier molecular flexibility index (Phi) is 4.76. The fourth-order valence-electron chi connectivity index (χ4n) is 2.57. The Balaban J connectivity index is 2.43. The number of benzene rings is 1. The predicted molar refractivity (Wildman–Crippen MR) is 83.7 cm³/mol. The molecule has 128 valence electrons. The molecule has 0 bridgehead atoms. The lowest BCUT2D eigenvalue weighted by molar-refractivity contribution is -0.186. The Morgan fingerprint density at radius 3 is 2.35 bits per heavy atom. The van der Waals surface area contributed by atoms with Crippen molar-refractivity contribution < 1.29 is 27.8 Å². The van der Waals surface area contributed by atoms with Crippen LogP contribution < -0.4 is 5.19 Å². The van der Waals surface area contributed by atoms with E-state index in [0.717, 1.165) is 6.07 Å². The van der Waals surface area contributed by atoms with Crippen LogP contribution in [0.5, 0.6) is 0 Å². The molecule has 1 aliphatic heterocycles. The summed E-state index contributed by atoms with van der Waals surface area (Å²) in [6.07, 6.45) is -0.720. The van der Waals surface area contributed by atoms with Gasteiger partial charge in [-0.2, -0.15) is 8.78 Å². The van der Waals surface area contributed by atoms with Crippen molar-refractivity contribution in [1.82, 2.24) is 0 Å². The van der Waals surface area contributed by atoms with Crippen molar-refractivity contribution in [3.63, 3.8) is 0 Å². The summed E-state index contributed by atoms with van der Waals surface area (Å²) in [5.74, 6) is -6.72. The van der Waals surface area contributed by atoms with Crippen molar-refractivity contribution in [3.05, 3.63) is 29.6 Å². The number of aliphatic hydroxyl groups is 1. The molecule has 0 unspecified atom stereocenters. The number of Topliss-reactive ketones (excluding diaryl/α,β-unsaturated/α-hetero) is 1. The van der Waals surface area contributed by atoms with E-state index in [2.05, 4.69) is 0 Å². The van der Waals surface area contributed by atoms with Gasteiger partial charge < -0.3 is 9.84 Å². The van der Waals surface area contributed by atoms with Crippen molar-refractivity contribution in [1.29, 1.82) is 0 Å². The molecule has 0 radical (unpaired) electrons. The van der Waals surface area contributed by atoms with Gasteiger partial charge in [-0.05, 0) is 12.1 Å². The summed E-state index contributed by atoms with van der Waals surface area (Å²) in [5, 5.41) is 10.9. The second-order valence-corrected chi connectivity index (χ2v) is 12.1. The Hall–Kier alpha value is -1.18. The Labute approximate surface area is 134 Å². The molecule has 1 aliphatic rings. The van der Waals surface area contributed by atoms with Crippen LogP contribution >= 0.6 is 0 Å². The minimum atomic E-state index is -4.06. The van der Waals surface area contributed by atoms with Crippen molar-refractivity contribution in [2.75, 3.05) is 13.2 Å². The van der Waals surface area contributed by atoms with Gasteiger partial charge in [0.1, 0.15) is 11.4 Å². The van der Waals surface area contributed by atoms with E-state index in [1.54, 1.807) is 0 Å². The highest BCUT2D eigenvalue weighted by Gasteiger charge is 2.58. The molecular weight excluding hydrogens is 325 g/mol. The maximum atomic E-state index is 14.6. The lowest BCUT2D eigenvalue weighted by atomic mass is 9.83. The second kappa shape index (κ2) is 6.03. The molecule has 3 nitrogen and oxygen atoms in total. The number of ether oxygens (including phenoxy) is 1. The average molecular weight is 346 g/mol. The number of rotatable bonds is 4. The maximum Gasteiger partial charge on any atom is 0.337 e. The summed E-state index contributed by atoms with van der Waals surface area (Å²) in [6.45, 7) is 5.80. The highest BCUT2D eigenvalue weighted by Crippen LogP contribution is 2.39. The molecule has 1 fully saturated rings. The van der Waals surface area contributed by atoms with E-state index in [4.69, 9.17) is 4.74 Å². The number of ketones is 1. The van der Waals surface area contributed by atoms with Gasteiger partial charge in [0, 0.05) is 26.1 Å². The van der Waals surface area contributed by atoms with E-state index in [9.17, 15) is 23.1 Å². The molecule has 0 aromatic heterocycles. The average Bonchev–Trinajstić information content (AvgIpc) is 2.46. The van der Waals surface area contributed by atoms with Crippen molar-refractivity contribution in [2.24, 2.45) is 0 Å². The highest BCUT2D eigenvalue weighted by atomic mass is 28.3. The zero-order valence-corrected chi connectivity index (χ0v) is 14.5. The monoisotopic (exact) mass is 346 g/mol. The van der Waals surface area contributed by atoms with Crippen LogP contribution in [0.25, 0.3) is 0 Å². The van der Waals surface area contributed by atoms with Crippen molar-refractivity contribution in [3.8, 4) is 0 Å². The fraction of sp³-hybridized carbons (Fsp3) is 0.562. The summed E-state index contributed by atoms with van der Waals surface area (Å²) in [7, 11) is -1.90. The smallest absolute Gasteiger partial charge is 0.337 e. The molecule has 0 spiro atoms. The summed E-state index contributed by atoms with van der Waals surface area (Å²) in [5.41, 5.74) is -3.15. The molecule has 1 aromatic carbocycles. The molecule has 0 aliphatic carbocycles. The molecule has 0 atom stereocenters. The van der Waals surface area contributed by atoms with Gasteiger partial charge in [-0.25, -0.2) is 4.39 Å². The molecule has 0 amide bonds. The molecule has 1 N–H and O–H groups in total. The Morgan fingerprint density at radius 2 is 1.83 bits per heavy atom. The molecule has 1 heterocycles. The largest absolute Gasteiger partial charge is 0.383 e. The number of hydrogen-bond acceptors (Lipinski definition) is 3. The zero-order chi connectivity index (χ0) is 17.5. The molecule has 2 rings (SSSR count). The third-order valence-electron chi connectivity index (χ3n) is 4.27. The molecular formula is C16H21F3O3Si. The van der Waals surface area contributed by atoms with Gasteiger partial charge in [0.2, 0.25) is 5.78 Å². The highest BCUT2D eigenvalue weighted by molar-refractivity contribution is 6.88. The van der Waals surface area contributed by atoms with E-state index < -0.39 is 36.8 Å². The maximum absolute atomic E-state index is 14.6. The third kappa shape index (κ3) is 3.36. The lowest BCUT2D eigenvalue weighted by Crippen LogP contribution is -2.56. The quantitative estimate of drug-likeness (QED) is 0.674. The van der Waals surface area contributed by atoms with E-state index in [-0.39, 0.29) is 26.1 Å². The van der Waals surface area contributed by atoms with Gasteiger partial charge >= 0.3 is 5.92 Å². The number of carbonyl (C=O) groups is 1. The first-order valence-electron chi connectivity index (χ1n) is 7.52. The van der Waals surface area contributed by atoms with Crippen LogP contribution in [0.4, 0.5) is 13.2 Å². The number of carbonyl (C=O) groups excluding carboxylic acids is 1. The summed E-state index contributed by atoms with van der Waals surface area (Å²) < 4.78 is 48.1. The minimum absolute atomic E-state index is 0.0587. The second-order valence-electron chi connectivity index (χ2n) is 6.99. The topological polar surface area (TPSA) is 46.5 Å². The van der Waals surface area contributed by atoms with Crippen LogP contribution in [-0.4, -0.2) is 43.7 Å². The Bertz CT molecular complexity index is 605. The molecule has 1 saturated heterocycles. The first-order valence-corrected chi connectivity index (χ1v) is 11.0. The number of halogens is 3. The van der Waals surface area contributed by atoms with Gasteiger partial charge in [-0.15, -0.1) is 0 Å². The van der Waals surface area contributed by atoms with Crippen LogP contribution in [0.2, 0.25) is 19.6 Å². The van der Waals surface area contributed by atoms with E-state index in [1.807, 2.05) is 19.6 Å². The first kappa shape index (κ1) is 18.2. The predicted octanol–water partition coefficient (Wildman–Crippen LogP) is 2.73. The normalized spacial score (nSPS) is 18.7. The molecule has 7 heteroatoms. The number of hydrogen-bond donors (Lipinski definition) is 1. The lowest BCUT2D eigenvalue weighted by Gasteiger charge is -2.37. The van der Waals surface area contributed by atoms with Crippen LogP contribution in [0.3, 0.4) is 0 Å². The summed E-state index contributed by atoms with van der Waals surface area (Å²) in [4.78, 5) is 12.3. The van der Waals surface area contributed by atoms with E-state index in [0.29, 0.717) is 5.19 Å². The molecule has 1 aromatic rings. The summed E-state index contributed by atoms with van der Waals surface area (Å²) >= 11 is 0. The standard InChI is InChI=1S/C16H21F3O3Si/c1-23(2,3)11-4-5-13(17)12(10-11)14(20)16(18,19)15(21)6-8-22-9-7-15/h4-5,10,21H,6-9H2,1-3H3. The van der Waals surface area contributed by atoms with Gasteiger partial charge in [0.15, 0.2) is 0 Å². The van der Waals surface area contributed by atoms with Gasteiger partial charge in [-0.3, -0.25) is 4.79 Å². The minimum Gasteiger partial charge on any atom is -0.383 e. The van der Waals surface area contributed by atoms with Crippen molar-refractivity contribution >= 4 is 19.0 Å². The van der Waals surface area contributed by atoms with Gasteiger partial charge in [-0.1, -0.05) is 30.9 Å². The fourth-order valence-corrected chi connectivity index (χ4v) is 3.73. The van der Waals surface area contributed by atoms with Crippen LogP contribution in [0.1, 0.15) is 23.2 Å². The van der Waals surface area contributed by atoms with Crippen LogP contribution in [-0.2, 0) is 4.74 Å². The van der Waals surface area contributed by atoms with Gasteiger partial charge in [0.25, 0.3) is 0 Å². The van der Waals surface area contributed by atoms with Gasteiger partial charge in [0.05, 0.1) is 13.6 Å². The summed E-state index contributed by atoms with van der Waals surface area (Å²) in [6, 6.07) is 3.78. The van der Waals surface area contributed by atoms with Crippen molar-refractivity contribution in [2.45, 2.75) is 44.0 Å². The third-order valence-corrected chi connectivity index (χ3v) is 6.31. The zero-order valence-electron chi connectivity index (χ0n) is 13.5. The Morgan fingerprint density at radius 1 is 1.26 bits per heavy atom. The van der Waals surface area contributed by atoms with Crippen LogP contribution in [0.15, 0.2) is 18.2 Å². The number of alkyl halides is 2. The first-order chi connectivity index (χ1) is 10.5. The SMILES string of the molecule is C[Si](C)(C)c1ccc(F)c(C(=O)C(F)(F)C2(O)CCOCC2)c1. The molecule has 23 heavy (non-hydrogen) atoms. The van der Waals surface area contributed by atoms with E-state index >= 15 is 0 Å².